The van der Waals surface area contributed by atoms with Gasteiger partial charge in [-0.2, -0.15) is 5.10 Å². The van der Waals surface area contributed by atoms with Crippen molar-refractivity contribution in [1.29, 1.82) is 0 Å². The molecule has 6 aromatic rings. The summed E-state index contributed by atoms with van der Waals surface area (Å²) in [6, 6.07) is 26.3. The van der Waals surface area contributed by atoms with E-state index in [-0.39, 0.29) is 5.91 Å². The summed E-state index contributed by atoms with van der Waals surface area (Å²) >= 11 is 1.53. The number of likely N-dealkylation sites (tertiary alicyclic amines) is 1. The Balaban J connectivity index is 1.27. The predicted octanol–water partition coefficient (Wildman–Crippen LogP) is 6.78. The second-order valence-electron chi connectivity index (χ2n) is 11.3. The molecule has 44 heavy (non-hydrogen) atoms. The zero-order chi connectivity index (χ0) is 30.0. The van der Waals surface area contributed by atoms with Crippen LogP contribution in [-0.2, 0) is 11.3 Å². The molecule has 8 nitrogen and oxygen atoms in total. The highest BCUT2D eigenvalue weighted by Crippen LogP contribution is 2.37. The number of carbonyl (C=O) groups is 1. The number of thiophene rings is 1. The summed E-state index contributed by atoms with van der Waals surface area (Å²) in [5.74, 6) is -0.404. The summed E-state index contributed by atoms with van der Waals surface area (Å²) in [5, 5.41) is 10.4. The second-order valence-corrected chi connectivity index (χ2v) is 12.3. The first-order chi connectivity index (χ1) is 21.5. The van der Waals surface area contributed by atoms with E-state index in [2.05, 4.69) is 45.5 Å². The van der Waals surface area contributed by atoms with E-state index < -0.39 is 5.92 Å². The molecule has 1 atom stereocenters. The van der Waals surface area contributed by atoms with Crippen molar-refractivity contribution in [1.82, 2.24) is 24.5 Å². The first-order valence-corrected chi connectivity index (χ1v) is 15.7. The van der Waals surface area contributed by atoms with Gasteiger partial charge in [0.15, 0.2) is 0 Å². The molecule has 1 aliphatic rings. The Labute approximate surface area is 260 Å². The molecule has 9 heteroatoms. The number of aromatic nitrogens is 4. The van der Waals surface area contributed by atoms with Gasteiger partial charge in [-0.25, -0.2) is 14.5 Å². The molecule has 0 bridgehead atoms. The van der Waals surface area contributed by atoms with E-state index in [1.807, 2.05) is 71.5 Å². The van der Waals surface area contributed by atoms with E-state index in [1.165, 1.54) is 29.7 Å². The third-order valence-electron chi connectivity index (χ3n) is 8.08. The van der Waals surface area contributed by atoms with Crippen LogP contribution in [0, 0.1) is 6.92 Å². The number of anilines is 2. The van der Waals surface area contributed by atoms with Crippen LogP contribution in [0.4, 0.5) is 11.6 Å². The molecule has 1 unspecified atom stereocenters. The topological polar surface area (TPSA) is 101 Å². The first-order valence-electron chi connectivity index (χ1n) is 14.9. The molecule has 1 fully saturated rings. The molecule has 7 rings (SSSR count). The van der Waals surface area contributed by atoms with Gasteiger partial charge in [0.1, 0.15) is 5.69 Å². The van der Waals surface area contributed by atoms with E-state index >= 15 is 0 Å². The molecule has 1 amide bonds. The molecule has 4 aromatic heterocycles. The van der Waals surface area contributed by atoms with Crippen molar-refractivity contribution < 1.29 is 4.79 Å². The van der Waals surface area contributed by atoms with E-state index in [1.54, 1.807) is 6.20 Å². The van der Waals surface area contributed by atoms with Crippen LogP contribution in [0.1, 0.15) is 40.3 Å². The fourth-order valence-corrected chi connectivity index (χ4v) is 6.89. The third kappa shape index (κ3) is 5.71. The van der Waals surface area contributed by atoms with Crippen molar-refractivity contribution in [2.45, 2.75) is 32.2 Å². The van der Waals surface area contributed by atoms with Crippen molar-refractivity contribution in [3.05, 3.63) is 118 Å². The van der Waals surface area contributed by atoms with Gasteiger partial charge >= 0.3 is 0 Å². The second kappa shape index (κ2) is 12.0. The lowest BCUT2D eigenvalue weighted by molar-refractivity contribution is -0.118. The van der Waals surface area contributed by atoms with E-state index in [4.69, 9.17) is 15.8 Å². The Morgan fingerprint density at radius 2 is 1.89 bits per heavy atom. The van der Waals surface area contributed by atoms with E-state index in [0.717, 1.165) is 69.4 Å². The van der Waals surface area contributed by atoms with Gasteiger partial charge in [-0.1, -0.05) is 42.5 Å². The Morgan fingerprint density at radius 1 is 1.02 bits per heavy atom. The number of hydrogen-bond donors (Lipinski definition) is 2. The van der Waals surface area contributed by atoms with Crippen molar-refractivity contribution >= 4 is 34.4 Å². The van der Waals surface area contributed by atoms with Gasteiger partial charge in [-0.05, 0) is 91.3 Å². The average molecular weight is 600 g/mol. The van der Waals surface area contributed by atoms with Gasteiger partial charge in [0.05, 0.1) is 22.7 Å². The van der Waals surface area contributed by atoms with Crippen molar-refractivity contribution in [3.63, 3.8) is 0 Å². The summed E-state index contributed by atoms with van der Waals surface area (Å²) < 4.78 is 1.90. The number of primary amides is 1. The van der Waals surface area contributed by atoms with Crippen LogP contribution in [-0.4, -0.2) is 43.5 Å². The van der Waals surface area contributed by atoms with Crippen LogP contribution in [0.15, 0.2) is 96.6 Å². The minimum absolute atomic E-state index is 0.383. The molecule has 3 N–H and O–H groups in total. The third-order valence-corrected chi connectivity index (χ3v) is 9.02. The molecule has 220 valence electrons. The first kappa shape index (κ1) is 27.9. The average Bonchev–Trinajstić information content (AvgIpc) is 3.80. The fourth-order valence-electron chi connectivity index (χ4n) is 6.03. The minimum Gasteiger partial charge on any atom is -0.369 e. The van der Waals surface area contributed by atoms with Crippen LogP contribution < -0.4 is 11.1 Å². The van der Waals surface area contributed by atoms with Crippen LogP contribution in [0.5, 0.6) is 0 Å². The standard InChI is InChI=1S/C35H33N7OS/c1-23-12-13-29-32(28-14-15-37-35(39-28)38-27-10-4-7-24(19-27)22-41-16-2-3-17-41)33(40-42(29)21-23)26-9-5-8-25(20-26)31(34(36)43)30-11-6-18-44-30/h4-15,18-21,31H,2-3,16-17,22H2,1H3,(H2,36,43)(H,37,38,39). The maximum absolute atomic E-state index is 12.6. The van der Waals surface area contributed by atoms with E-state index in [0.29, 0.717) is 5.95 Å². The summed E-state index contributed by atoms with van der Waals surface area (Å²) in [5.41, 5.74) is 14.3. The van der Waals surface area contributed by atoms with Gasteiger partial charge in [0, 0.05) is 35.1 Å². The molecule has 0 saturated carbocycles. The Morgan fingerprint density at radius 3 is 2.70 bits per heavy atom. The summed E-state index contributed by atoms with van der Waals surface area (Å²) in [4.78, 5) is 25.5. The number of nitrogens with two attached hydrogens (primary N) is 1. The normalized spacial score (nSPS) is 14.2. The zero-order valence-electron chi connectivity index (χ0n) is 24.5. The van der Waals surface area contributed by atoms with Gasteiger partial charge in [0.25, 0.3) is 0 Å². The van der Waals surface area contributed by atoms with E-state index in [9.17, 15) is 4.79 Å². The minimum atomic E-state index is -0.534. The highest BCUT2D eigenvalue weighted by atomic mass is 32.1. The largest absolute Gasteiger partial charge is 0.369 e. The van der Waals surface area contributed by atoms with Crippen molar-refractivity contribution in [3.8, 4) is 22.5 Å². The lowest BCUT2D eigenvalue weighted by Gasteiger charge is -2.15. The number of nitrogens with one attached hydrogen (secondary N) is 1. The van der Waals surface area contributed by atoms with Gasteiger partial charge in [0.2, 0.25) is 11.9 Å². The number of rotatable bonds is 9. The predicted molar refractivity (Wildman–Crippen MR) is 176 cm³/mol. The van der Waals surface area contributed by atoms with Crippen LogP contribution in [0.2, 0.25) is 0 Å². The van der Waals surface area contributed by atoms with Crippen molar-refractivity contribution in [2.24, 2.45) is 5.73 Å². The lowest BCUT2D eigenvalue weighted by atomic mass is 9.93. The highest BCUT2D eigenvalue weighted by molar-refractivity contribution is 7.10. The van der Waals surface area contributed by atoms with Crippen molar-refractivity contribution in [2.75, 3.05) is 18.4 Å². The Bertz CT molecular complexity index is 1940. The number of amides is 1. The molecule has 0 aliphatic carbocycles. The monoisotopic (exact) mass is 599 g/mol. The number of benzene rings is 2. The maximum atomic E-state index is 12.6. The lowest BCUT2D eigenvalue weighted by Crippen LogP contribution is -2.21. The molecule has 0 radical (unpaired) electrons. The van der Waals surface area contributed by atoms with Gasteiger partial charge < -0.3 is 11.1 Å². The smallest absolute Gasteiger partial charge is 0.230 e. The van der Waals surface area contributed by atoms with Gasteiger partial charge in [-0.15, -0.1) is 11.3 Å². The summed E-state index contributed by atoms with van der Waals surface area (Å²) in [6.45, 7) is 5.31. The van der Waals surface area contributed by atoms with Crippen LogP contribution in [0.3, 0.4) is 0 Å². The molecular formula is C35H33N7OS. The highest BCUT2D eigenvalue weighted by Gasteiger charge is 2.24. The number of pyridine rings is 1. The zero-order valence-corrected chi connectivity index (χ0v) is 25.3. The number of nitrogens with zero attached hydrogens (tertiary/aromatic N) is 5. The molecule has 1 saturated heterocycles. The molecule has 0 spiro atoms. The summed E-state index contributed by atoms with van der Waals surface area (Å²) in [6.07, 6.45) is 6.33. The van der Waals surface area contributed by atoms with Gasteiger partial charge in [-0.3, -0.25) is 9.69 Å². The molecular weight excluding hydrogens is 567 g/mol. The SMILES string of the molecule is Cc1ccc2c(-c3ccnc(Nc4cccc(CN5CCCC5)c4)n3)c(-c3cccc(C(C(N)=O)c4cccs4)c3)nn2c1. The van der Waals surface area contributed by atoms with Crippen LogP contribution in [0.25, 0.3) is 28.0 Å². The number of fused-ring (bicyclic) bond motifs is 1. The Hall–Kier alpha value is -4.86. The summed E-state index contributed by atoms with van der Waals surface area (Å²) in [7, 11) is 0. The maximum Gasteiger partial charge on any atom is 0.230 e. The number of carbonyl (C=O) groups excluding carboxylic acids is 1. The molecule has 1 aliphatic heterocycles. The molecule has 5 heterocycles. The fraction of sp³-hybridized carbons (Fsp3) is 0.200. The van der Waals surface area contributed by atoms with Crippen LogP contribution >= 0.6 is 11.3 Å². The number of hydrogen-bond acceptors (Lipinski definition) is 7. The quantitative estimate of drug-likeness (QED) is 0.190. The molecule has 2 aromatic carbocycles. The number of aryl methyl sites for hydroxylation is 1. The Kier molecular flexibility index (Phi) is 7.64.